The number of amides is 1. The van der Waals surface area contributed by atoms with Crippen molar-refractivity contribution in [3.63, 3.8) is 0 Å². The van der Waals surface area contributed by atoms with Crippen LogP contribution in [0.15, 0.2) is 36.4 Å². The SMILES string of the molecule is COC(=O)c1ccccc1NC(=O)[C@H](C)Oc1cc(C)cc(C)c1C. The monoisotopic (exact) mass is 341 g/mol. The number of rotatable bonds is 5. The second-order valence-electron chi connectivity index (χ2n) is 5.99. The Morgan fingerprint density at radius 3 is 2.44 bits per heavy atom. The maximum atomic E-state index is 12.5. The van der Waals surface area contributed by atoms with Crippen LogP contribution in [0, 0.1) is 20.8 Å². The number of hydrogen-bond donors (Lipinski definition) is 1. The number of carbonyl (C=O) groups excluding carboxylic acids is 2. The normalized spacial score (nSPS) is 11.6. The highest BCUT2D eigenvalue weighted by Crippen LogP contribution is 2.25. The van der Waals surface area contributed by atoms with Crippen molar-refractivity contribution in [3.05, 3.63) is 58.7 Å². The van der Waals surface area contributed by atoms with Crippen LogP contribution in [0.25, 0.3) is 0 Å². The van der Waals surface area contributed by atoms with Crippen LogP contribution in [-0.2, 0) is 9.53 Å². The van der Waals surface area contributed by atoms with Gasteiger partial charge in [0.2, 0.25) is 0 Å². The zero-order valence-corrected chi connectivity index (χ0v) is 15.2. The Kier molecular flexibility index (Phi) is 5.80. The number of hydrogen-bond acceptors (Lipinski definition) is 4. The maximum absolute atomic E-state index is 12.5. The molecule has 0 heterocycles. The Balaban J connectivity index is 2.16. The number of carbonyl (C=O) groups is 2. The summed E-state index contributed by atoms with van der Waals surface area (Å²) in [4.78, 5) is 24.3. The van der Waals surface area contributed by atoms with E-state index in [-0.39, 0.29) is 5.91 Å². The molecule has 0 saturated heterocycles. The van der Waals surface area contributed by atoms with Crippen LogP contribution in [0.3, 0.4) is 0 Å². The summed E-state index contributed by atoms with van der Waals surface area (Å²) in [5.74, 6) is -0.161. The first-order valence-corrected chi connectivity index (χ1v) is 8.06. The van der Waals surface area contributed by atoms with Crippen LogP contribution in [0.5, 0.6) is 5.75 Å². The summed E-state index contributed by atoms with van der Waals surface area (Å²) in [5.41, 5.74) is 3.88. The summed E-state index contributed by atoms with van der Waals surface area (Å²) in [7, 11) is 1.30. The fourth-order valence-corrected chi connectivity index (χ4v) is 2.48. The molecule has 2 aromatic carbocycles. The summed E-state index contributed by atoms with van der Waals surface area (Å²) < 4.78 is 10.6. The van der Waals surface area contributed by atoms with Gasteiger partial charge in [0.25, 0.3) is 5.91 Å². The molecule has 1 N–H and O–H groups in total. The first-order chi connectivity index (χ1) is 11.8. The van der Waals surface area contributed by atoms with Crippen molar-refractivity contribution in [1.82, 2.24) is 0 Å². The van der Waals surface area contributed by atoms with Crippen molar-refractivity contribution in [2.75, 3.05) is 12.4 Å². The summed E-state index contributed by atoms with van der Waals surface area (Å²) in [6.07, 6.45) is -0.717. The molecule has 25 heavy (non-hydrogen) atoms. The number of esters is 1. The van der Waals surface area contributed by atoms with Gasteiger partial charge in [0, 0.05) is 0 Å². The molecule has 0 aliphatic carbocycles. The minimum absolute atomic E-state index is 0.299. The molecule has 0 aliphatic rings. The largest absolute Gasteiger partial charge is 0.481 e. The van der Waals surface area contributed by atoms with Gasteiger partial charge in [-0.3, -0.25) is 4.79 Å². The molecule has 5 heteroatoms. The Bertz CT molecular complexity index is 798. The number of ether oxygens (including phenoxy) is 2. The quantitative estimate of drug-likeness (QED) is 0.840. The molecule has 132 valence electrons. The second-order valence-corrected chi connectivity index (χ2v) is 5.99. The maximum Gasteiger partial charge on any atom is 0.339 e. The van der Waals surface area contributed by atoms with E-state index < -0.39 is 12.1 Å². The molecule has 0 aliphatic heterocycles. The lowest BCUT2D eigenvalue weighted by Crippen LogP contribution is -2.31. The van der Waals surface area contributed by atoms with Crippen molar-refractivity contribution in [2.24, 2.45) is 0 Å². The topological polar surface area (TPSA) is 64.6 Å². The van der Waals surface area contributed by atoms with Crippen molar-refractivity contribution >= 4 is 17.6 Å². The third-order valence-electron chi connectivity index (χ3n) is 4.03. The molecule has 2 rings (SSSR count). The van der Waals surface area contributed by atoms with Crippen molar-refractivity contribution in [3.8, 4) is 5.75 Å². The molecular weight excluding hydrogens is 318 g/mol. The Morgan fingerprint density at radius 2 is 1.76 bits per heavy atom. The third kappa shape index (κ3) is 4.38. The summed E-state index contributed by atoms with van der Waals surface area (Å²) in [6, 6.07) is 10.7. The van der Waals surface area contributed by atoms with Crippen molar-refractivity contribution in [2.45, 2.75) is 33.8 Å². The smallest absolute Gasteiger partial charge is 0.339 e. The van der Waals surface area contributed by atoms with E-state index in [1.54, 1.807) is 31.2 Å². The Hall–Kier alpha value is -2.82. The van der Waals surface area contributed by atoms with Crippen molar-refractivity contribution < 1.29 is 19.1 Å². The number of nitrogens with one attached hydrogen (secondary N) is 1. The lowest BCUT2D eigenvalue weighted by atomic mass is 10.1. The van der Waals surface area contributed by atoms with E-state index in [1.807, 2.05) is 26.8 Å². The van der Waals surface area contributed by atoms with Gasteiger partial charge in [-0.25, -0.2) is 4.79 Å². The predicted molar refractivity (Wildman–Crippen MR) is 97.2 cm³/mol. The molecule has 0 spiro atoms. The fraction of sp³-hybridized carbons (Fsp3) is 0.300. The molecule has 0 saturated carbocycles. The highest BCUT2D eigenvalue weighted by Gasteiger charge is 2.19. The molecular formula is C20H23NO4. The van der Waals surface area contributed by atoms with Gasteiger partial charge in [0.1, 0.15) is 5.75 Å². The van der Waals surface area contributed by atoms with E-state index in [1.165, 1.54) is 7.11 Å². The molecule has 0 radical (unpaired) electrons. The van der Waals surface area contributed by atoms with Crippen molar-refractivity contribution in [1.29, 1.82) is 0 Å². The average Bonchev–Trinajstić information content (AvgIpc) is 2.58. The number of methoxy groups -OCH3 is 1. The minimum Gasteiger partial charge on any atom is -0.481 e. The molecule has 0 bridgehead atoms. The number of aryl methyl sites for hydroxylation is 2. The van der Waals surface area contributed by atoms with E-state index in [2.05, 4.69) is 11.4 Å². The van der Waals surface area contributed by atoms with Gasteiger partial charge in [-0.05, 0) is 62.6 Å². The standard InChI is InChI=1S/C20H23NO4/c1-12-10-13(2)14(3)18(11-12)25-15(4)19(22)21-17-9-7-6-8-16(17)20(23)24-5/h6-11,15H,1-5H3,(H,21,22)/t15-/m0/s1. The number of para-hydroxylation sites is 1. The summed E-state index contributed by atoms with van der Waals surface area (Å²) >= 11 is 0. The van der Waals surface area contributed by atoms with E-state index in [0.29, 0.717) is 17.0 Å². The van der Waals surface area contributed by atoms with Crippen LogP contribution in [-0.4, -0.2) is 25.1 Å². The van der Waals surface area contributed by atoms with Crippen LogP contribution < -0.4 is 10.1 Å². The lowest BCUT2D eigenvalue weighted by Gasteiger charge is -2.18. The van der Waals surface area contributed by atoms with E-state index >= 15 is 0 Å². The minimum atomic E-state index is -0.717. The van der Waals surface area contributed by atoms with Gasteiger partial charge in [-0.15, -0.1) is 0 Å². The molecule has 0 aromatic heterocycles. The summed E-state index contributed by atoms with van der Waals surface area (Å²) in [6.45, 7) is 7.62. The fourth-order valence-electron chi connectivity index (χ4n) is 2.48. The second kappa shape index (κ2) is 7.83. The molecule has 0 unspecified atom stereocenters. The van der Waals surface area contributed by atoms with E-state index in [9.17, 15) is 9.59 Å². The summed E-state index contributed by atoms with van der Waals surface area (Å²) in [5, 5.41) is 2.73. The molecule has 5 nitrogen and oxygen atoms in total. The van der Waals surface area contributed by atoms with E-state index in [4.69, 9.17) is 9.47 Å². The highest BCUT2D eigenvalue weighted by molar-refractivity contribution is 6.02. The zero-order chi connectivity index (χ0) is 18.6. The van der Waals surface area contributed by atoms with Crippen LogP contribution >= 0.6 is 0 Å². The van der Waals surface area contributed by atoms with Gasteiger partial charge >= 0.3 is 5.97 Å². The van der Waals surface area contributed by atoms with Crippen LogP contribution in [0.4, 0.5) is 5.69 Å². The van der Waals surface area contributed by atoms with Gasteiger partial charge in [-0.1, -0.05) is 18.2 Å². The van der Waals surface area contributed by atoms with Gasteiger partial charge in [0.05, 0.1) is 18.4 Å². The highest BCUT2D eigenvalue weighted by atomic mass is 16.5. The van der Waals surface area contributed by atoms with Crippen LogP contribution in [0.2, 0.25) is 0 Å². The zero-order valence-electron chi connectivity index (χ0n) is 15.2. The van der Waals surface area contributed by atoms with Gasteiger partial charge in [0.15, 0.2) is 6.10 Å². The first kappa shape index (κ1) is 18.5. The number of benzene rings is 2. The number of anilines is 1. The predicted octanol–water partition coefficient (Wildman–Crippen LogP) is 3.80. The molecule has 1 amide bonds. The molecule has 1 atom stereocenters. The molecule has 0 fully saturated rings. The Morgan fingerprint density at radius 1 is 1.08 bits per heavy atom. The van der Waals surface area contributed by atoms with Gasteiger partial charge in [-0.2, -0.15) is 0 Å². The lowest BCUT2D eigenvalue weighted by molar-refractivity contribution is -0.122. The van der Waals surface area contributed by atoms with Gasteiger partial charge < -0.3 is 14.8 Å². The van der Waals surface area contributed by atoms with E-state index in [0.717, 1.165) is 16.7 Å². The average molecular weight is 341 g/mol. The van der Waals surface area contributed by atoms with Crippen LogP contribution in [0.1, 0.15) is 34.0 Å². The first-order valence-electron chi connectivity index (χ1n) is 8.06. The molecule has 2 aromatic rings. The third-order valence-corrected chi connectivity index (χ3v) is 4.03. The Labute approximate surface area is 148 Å².